The SMILES string of the molecule is COc1cccc(-c2nc(Cl)c(I)c(CC(C)C)n2)c1. The van der Waals surface area contributed by atoms with E-state index in [9.17, 15) is 0 Å². The summed E-state index contributed by atoms with van der Waals surface area (Å²) >= 11 is 8.44. The van der Waals surface area contributed by atoms with Crippen molar-refractivity contribution in [2.45, 2.75) is 20.3 Å². The van der Waals surface area contributed by atoms with E-state index in [-0.39, 0.29) is 0 Å². The lowest BCUT2D eigenvalue weighted by Gasteiger charge is -2.10. The first kappa shape index (κ1) is 15.5. The van der Waals surface area contributed by atoms with E-state index in [0.29, 0.717) is 16.9 Å². The molecule has 0 aliphatic carbocycles. The smallest absolute Gasteiger partial charge is 0.161 e. The van der Waals surface area contributed by atoms with Crippen LogP contribution in [0, 0.1) is 9.49 Å². The quantitative estimate of drug-likeness (QED) is 0.553. The van der Waals surface area contributed by atoms with Crippen LogP contribution in [0.15, 0.2) is 24.3 Å². The summed E-state index contributed by atoms with van der Waals surface area (Å²) in [5, 5.41) is 0.508. The van der Waals surface area contributed by atoms with Crippen molar-refractivity contribution in [1.82, 2.24) is 9.97 Å². The van der Waals surface area contributed by atoms with E-state index < -0.39 is 0 Å². The molecule has 5 heteroatoms. The molecule has 0 aliphatic rings. The van der Waals surface area contributed by atoms with Crippen LogP contribution < -0.4 is 4.74 Å². The molecule has 2 rings (SSSR count). The Bertz CT molecular complexity index is 617. The zero-order valence-corrected chi connectivity index (χ0v) is 14.6. The zero-order valence-electron chi connectivity index (χ0n) is 11.7. The van der Waals surface area contributed by atoms with Crippen LogP contribution in [0.4, 0.5) is 0 Å². The normalized spacial score (nSPS) is 10.9. The van der Waals surface area contributed by atoms with Crippen LogP contribution in [0.25, 0.3) is 11.4 Å². The van der Waals surface area contributed by atoms with Gasteiger partial charge in [-0.3, -0.25) is 0 Å². The maximum atomic E-state index is 6.24. The van der Waals surface area contributed by atoms with Gasteiger partial charge in [-0.05, 0) is 47.1 Å². The van der Waals surface area contributed by atoms with Crippen LogP contribution in [-0.2, 0) is 6.42 Å². The number of methoxy groups -OCH3 is 1. The third-order valence-corrected chi connectivity index (χ3v) is 4.53. The summed E-state index contributed by atoms with van der Waals surface area (Å²) in [7, 11) is 1.64. The van der Waals surface area contributed by atoms with Crippen LogP contribution in [0.1, 0.15) is 19.5 Å². The van der Waals surface area contributed by atoms with Gasteiger partial charge in [0.25, 0.3) is 0 Å². The molecule has 1 aromatic carbocycles. The summed E-state index contributed by atoms with van der Waals surface area (Å²) in [6, 6.07) is 7.69. The zero-order chi connectivity index (χ0) is 14.7. The molecule has 0 unspecified atom stereocenters. The van der Waals surface area contributed by atoms with E-state index >= 15 is 0 Å². The average Bonchev–Trinajstić information content (AvgIpc) is 2.43. The topological polar surface area (TPSA) is 35.0 Å². The summed E-state index contributed by atoms with van der Waals surface area (Å²) in [6.07, 6.45) is 0.886. The standard InChI is InChI=1S/C15H16ClIN2O/c1-9(2)7-12-13(17)14(16)19-15(18-12)10-5-4-6-11(8-10)20-3/h4-6,8-9H,7H2,1-3H3. The maximum absolute atomic E-state index is 6.24. The second kappa shape index (κ2) is 6.72. The predicted molar refractivity (Wildman–Crippen MR) is 90.3 cm³/mol. The van der Waals surface area contributed by atoms with Crippen LogP contribution in [0.3, 0.4) is 0 Å². The summed E-state index contributed by atoms with van der Waals surface area (Å²) in [5.74, 6) is 1.95. The molecule has 0 radical (unpaired) electrons. The minimum Gasteiger partial charge on any atom is -0.497 e. The Hall–Kier alpha value is -0.880. The third-order valence-electron chi connectivity index (χ3n) is 2.81. The van der Waals surface area contributed by atoms with E-state index in [2.05, 4.69) is 46.4 Å². The molecule has 106 valence electrons. The van der Waals surface area contributed by atoms with Crippen molar-refractivity contribution in [3.8, 4) is 17.1 Å². The summed E-state index contributed by atoms with van der Waals surface area (Å²) in [5.41, 5.74) is 1.91. The van der Waals surface area contributed by atoms with Crippen LogP contribution >= 0.6 is 34.2 Å². The van der Waals surface area contributed by atoms with Gasteiger partial charge in [0.1, 0.15) is 10.9 Å². The maximum Gasteiger partial charge on any atom is 0.161 e. The third kappa shape index (κ3) is 3.61. The minimum atomic E-state index is 0.508. The number of rotatable bonds is 4. The van der Waals surface area contributed by atoms with Gasteiger partial charge < -0.3 is 4.74 Å². The van der Waals surface area contributed by atoms with E-state index in [4.69, 9.17) is 16.3 Å². The molecule has 0 saturated carbocycles. The Morgan fingerprint density at radius 2 is 2.05 bits per heavy atom. The second-order valence-electron chi connectivity index (χ2n) is 4.93. The first-order valence-corrected chi connectivity index (χ1v) is 7.83. The van der Waals surface area contributed by atoms with Gasteiger partial charge in [0.05, 0.1) is 16.4 Å². The Balaban J connectivity index is 2.48. The van der Waals surface area contributed by atoms with Crippen LogP contribution in [0.2, 0.25) is 5.15 Å². The second-order valence-corrected chi connectivity index (χ2v) is 6.37. The Morgan fingerprint density at radius 1 is 1.30 bits per heavy atom. The van der Waals surface area contributed by atoms with Gasteiger partial charge in [-0.15, -0.1) is 0 Å². The van der Waals surface area contributed by atoms with Crippen molar-refractivity contribution >= 4 is 34.2 Å². The van der Waals surface area contributed by atoms with Crippen molar-refractivity contribution < 1.29 is 4.74 Å². The van der Waals surface area contributed by atoms with Gasteiger partial charge in [-0.2, -0.15) is 0 Å². The minimum absolute atomic E-state index is 0.508. The lowest BCUT2D eigenvalue weighted by atomic mass is 10.1. The van der Waals surface area contributed by atoms with Crippen molar-refractivity contribution in [2.75, 3.05) is 7.11 Å². The molecule has 0 atom stereocenters. The Kier molecular flexibility index (Phi) is 5.21. The molecule has 0 saturated heterocycles. The van der Waals surface area contributed by atoms with Gasteiger partial charge in [0.2, 0.25) is 0 Å². The lowest BCUT2D eigenvalue weighted by molar-refractivity contribution is 0.415. The first-order valence-electron chi connectivity index (χ1n) is 6.37. The highest BCUT2D eigenvalue weighted by molar-refractivity contribution is 14.1. The number of benzene rings is 1. The number of hydrogen-bond donors (Lipinski definition) is 0. The molecular weight excluding hydrogens is 387 g/mol. The molecule has 1 heterocycles. The number of nitrogens with zero attached hydrogens (tertiary/aromatic N) is 2. The van der Waals surface area contributed by atoms with Crippen molar-refractivity contribution in [1.29, 1.82) is 0 Å². The van der Waals surface area contributed by atoms with E-state index in [1.807, 2.05) is 24.3 Å². The van der Waals surface area contributed by atoms with Gasteiger partial charge in [-0.1, -0.05) is 37.6 Å². The summed E-state index contributed by atoms with van der Waals surface area (Å²) in [4.78, 5) is 9.04. The molecule has 0 bridgehead atoms. The van der Waals surface area contributed by atoms with Gasteiger partial charge in [-0.25, -0.2) is 9.97 Å². The number of halogens is 2. The first-order chi connectivity index (χ1) is 9.51. The Morgan fingerprint density at radius 3 is 2.70 bits per heavy atom. The molecule has 20 heavy (non-hydrogen) atoms. The molecule has 0 amide bonds. The predicted octanol–water partition coefficient (Wildman–Crippen LogP) is 4.61. The van der Waals surface area contributed by atoms with Crippen LogP contribution in [-0.4, -0.2) is 17.1 Å². The fourth-order valence-electron chi connectivity index (χ4n) is 1.88. The van der Waals surface area contributed by atoms with Crippen molar-refractivity contribution in [2.24, 2.45) is 5.92 Å². The van der Waals surface area contributed by atoms with Crippen LogP contribution in [0.5, 0.6) is 5.75 Å². The molecule has 0 fully saturated rings. The van der Waals surface area contributed by atoms with Gasteiger partial charge in [0.15, 0.2) is 5.82 Å². The van der Waals surface area contributed by atoms with Crippen molar-refractivity contribution in [3.05, 3.63) is 38.7 Å². The summed E-state index contributed by atoms with van der Waals surface area (Å²) < 4.78 is 6.17. The molecule has 0 aliphatic heterocycles. The average molecular weight is 403 g/mol. The molecule has 0 spiro atoms. The highest BCUT2D eigenvalue weighted by Crippen LogP contribution is 2.27. The molecule has 3 nitrogen and oxygen atoms in total. The lowest BCUT2D eigenvalue weighted by Crippen LogP contribution is -2.04. The van der Waals surface area contributed by atoms with Crippen molar-refractivity contribution in [3.63, 3.8) is 0 Å². The van der Waals surface area contributed by atoms with Gasteiger partial charge >= 0.3 is 0 Å². The summed E-state index contributed by atoms with van der Waals surface area (Å²) in [6.45, 7) is 4.33. The number of aromatic nitrogens is 2. The van der Waals surface area contributed by atoms with E-state index in [1.54, 1.807) is 7.11 Å². The Labute approximate surface area is 137 Å². The molecule has 1 aromatic heterocycles. The van der Waals surface area contributed by atoms with Gasteiger partial charge in [0, 0.05) is 5.56 Å². The molecular formula is C15H16ClIN2O. The largest absolute Gasteiger partial charge is 0.497 e. The molecule has 2 aromatic rings. The monoisotopic (exact) mass is 402 g/mol. The number of ether oxygens (including phenoxy) is 1. The highest BCUT2D eigenvalue weighted by atomic mass is 127. The van der Waals surface area contributed by atoms with E-state index in [1.165, 1.54) is 0 Å². The molecule has 0 N–H and O–H groups in total. The number of hydrogen-bond acceptors (Lipinski definition) is 3. The fourth-order valence-corrected chi connectivity index (χ4v) is 2.53. The van der Waals surface area contributed by atoms with E-state index in [0.717, 1.165) is 27.0 Å². The highest BCUT2D eigenvalue weighted by Gasteiger charge is 2.13. The fraction of sp³-hybridized carbons (Fsp3) is 0.333.